The Morgan fingerprint density at radius 1 is 1.38 bits per heavy atom. The van der Waals surface area contributed by atoms with E-state index in [1.165, 1.54) is 37.1 Å². The van der Waals surface area contributed by atoms with Gasteiger partial charge >= 0.3 is 0 Å². The standard InChI is InChI=1S/C14H22N2/c1-3-16(10-12-5-4-6-12)13-8-7-11(2)14(15)9-13/h7-9,12H,3-6,10,15H2,1-2H3. The molecule has 2 rings (SSSR count). The van der Waals surface area contributed by atoms with Gasteiger partial charge in [-0.3, -0.25) is 0 Å². The summed E-state index contributed by atoms with van der Waals surface area (Å²) in [6.45, 7) is 6.54. The van der Waals surface area contributed by atoms with Crippen molar-refractivity contribution in [1.29, 1.82) is 0 Å². The first kappa shape index (κ1) is 11.3. The minimum absolute atomic E-state index is 0.905. The number of nitrogens with two attached hydrogens (primary N) is 1. The molecule has 1 aliphatic carbocycles. The molecule has 1 fully saturated rings. The van der Waals surface area contributed by atoms with E-state index >= 15 is 0 Å². The fraction of sp³-hybridized carbons (Fsp3) is 0.571. The second kappa shape index (κ2) is 4.77. The number of nitrogens with zero attached hydrogens (tertiary/aromatic N) is 1. The highest BCUT2D eigenvalue weighted by atomic mass is 15.1. The van der Waals surface area contributed by atoms with E-state index in [9.17, 15) is 0 Å². The number of hydrogen-bond acceptors (Lipinski definition) is 2. The van der Waals surface area contributed by atoms with Gasteiger partial charge in [0.05, 0.1) is 0 Å². The summed E-state index contributed by atoms with van der Waals surface area (Å²) in [6.07, 6.45) is 4.22. The zero-order valence-corrected chi connectivity index (χ0v) is 10.4. The quantitative estimate of drug-likeness (QED) is 0.786. The van der Waals surface area contributed by atoms with Crippen LogP contribution in [0.4, 0.5) is 11.4 Å². The summed E-state index contributed by atoms with van der Waals surface area (Å²) in [6, 6.07) is 6.42. The molecule has 0 saturated heterocycles. The molecule has 1 aromatic carbocycles. The Morgan fingerprint density at radius 3 is 2.62 bits per heavy atom. The van der Waals surface area contributed by atoms with Crippen LogP contribution in [0.1, 0.15) is 31.7 Å². The molecule has 16 heavy (non-hydrogen) atoms. The summed E-state index contributed by atoms with van der Waals surface area (Å²) in [5, 5.41) is 0. The third-order valence-electron chi connectivity index (χ3n) is 3.71. The van der Waals surface area contributed by atoms with Gasteiger partial charge in [-0.25, -0.2) is 0 Å². The smallest absolute Gasteiger partial charge is 0.0387 e. The van der Waals surface area contributed by atoms with Crippen molar-refractivity contribution in [1.82, 2.24) is 0 Å². The zero-order valence-electron chi connectivity index (χ0n) is 10.4. The molecule has 88 valence electrons. The van der Waals surface area contributed by atoms with Gasteiger partial charge in [-0.2, -0.15) is 0 Å². The molecular weight excluding hydrogens is 196 g/mol. The molecule has 1 aromatic rings. The number of aryl methyl sites for hydroxylation is 1. The van der Waals surface area contributed by atoms with Gasteiger partial charge in [-0.15, -0.1) is 0 Å². The van der Waals surface area contributed by atoms with Crippen LogP contribution in [0.3, 0.4) is 0 Å². The summed E-state index contributed by atoms with van der Waals surface area (Å²) in [7, 11) is 0. The molecule has 0 spiro atoms. The van der Waals surface area contributed by atoms with Crippen LogP contribution in [-0.4, -0.2) is 13.1 Å². The van der Waals surface area contributed by atoms with E-state index in [1.54, 1.807) is 0 Å². The van der Waals surface area contributed by atoms with Crippen LogP contribution >= 0.6 is 0 Å². The first-order chi connectivity index (χ1) is 7.70. The van der Waals surface area contributed by atoms with Crippen LogP contribution in [0.2, 0.25) is 0 Å². The lowest BCUT2D eigenvalue weighted by Gasteiger charge is -2.33. The Bertz CT molecular complexity index is 356. The van der Waals surface area contributed by atoms with Crippen molar-refractivity contribution >= 4 is 11.4 Å². The van der Waals surface area contributed by atoms with Gasteiger partial charge in [0.15, 0.2) is 0 Å². The van der Waals surface area contributed by atoms with E-state index in [2.05, 4.69) is 36.9 Å². The number of benzene rings is 1. The second-order valence-electron chi connectivity index (χ2n) is 4.88. The predicted octanol–water partition coefficient (Wildman–Crippen LogP) is 3.20. The lowest BCUT2D eigenvalue weighted by atomic mass is 9.85. The molecule has 2 heteroatoms. The maximum Gasteiger partial charge on any atom is 0.0387 e. The highest BCUT2D eigenvalue weighted by Gasteiger charge is 2.20. The molecule has 0 radical (unpaired) electrons. The number of rotatable bonds is 4. The normalized spacial score (nSPS) is 15.9. The second-order valence-corrected chi connectivity index (χ2v) is 4.88. The molecule has 0 heterocycles. The van der Waals surface area contributed by atoms with Gasteiger partial charge in [-0.1, -0.05) is 12.5 Å². The van der Waals surface area contributed by atoms with E-state index in [1.807, 2.05) is 0 Å². The van der Waals surface area contributed by atoms with E-state index in [4.69, 9.17) is 5.73 Å². The molecule has 0 aliphatic heterocycles. The van der Waals surface area contributed by atoms with Crippen LogP contribution in [-0.2, 0) is 0 Å². The fourth-order valence-corrected chi connectivity index (χ4v) is 2.23. The van der Waals surface area contributed by atoms with Crippen LogP contribution in [0.15, 0.2) is 18.2 Å². The molecule has 0 aromatic heterocycles. The molecular formula is C14H22N2. The van der Waals surface area contributed by atoms with Crippen molar-refractivity contribution in [3.05, 3.63) is 23.8 Å². The highest BCUT2D eigenvalue weighted by Crippen LogP contribution is 2.29. The van der Waals surface area contributed by atoms with Crippen LogP contribution in [0.25, 0.3) is 0 Å². The van der Waals surface area contributed by atoms with Gasteiger partial charge in [-0.05, 0) is 50.3 Å². The Balaban J connectivity index is 2.09. The Labute approximate surface area is 98.4 Å². The molecule has 2 N–H and O–H groups in total. The van der Waals surface area contributed by atoms with E-state index < -0.39 is 0 Å². The molecule has 1 aliphatic rings. The molecule has 2 nitrogen and oxygen atoms in total. The van der Waals surface area contributed by atoms with Crippen LogP contribution in [0.5, 0.6) is 0 Å². The average Bonchev–Trinajstić information content (AvgIpc) is 2.21. The summed E-state index contributed by atoms with van der Waals surface area (Å²) in [4.78, 5) is 2.44. The Kier molecular flexibility index (Phi) is 3.37. The third-order valence-corrected chi connectivity index (χ3v) is 3.71. The lowest BCUT2D eigenvalue weighted by Crippen LogP contribution is -2.32. The molecule has 0 bridgehead atoms. The maximum absolute atomic E-state index is 5.96. The SMILES string of the molecule is CCN(CC1CCC1)c1ccc(C)c(N)c1. The summed E-state index contributed by atoms with van der Waals surface area (Å²) < 4.78 is 0. The van der Waals surface area contributed by atoms with Gasteiger partial charge in [0, 0.05) is 24.5 Å². The lowest BCUT2D eigenvalue weighted by molar-refractivity contribution is 0.318. The molecule has 0 unspecified atom stereocenters. The van der Waals surface area contributed by atoms with Gasteiger partial charge in [0.1, 0.15) is 0 Å². The maximum atomic E-state index is 5.96. The molecule has 0 amide bonds. The minimum atomic E-state index is 0.905. The van der Waals surface area contributed by atoms with E-state index in [-0.39, 0.29) is 0 Å². The number of hydrogen-bond donors (Lipinski definition) is 1. The van der Waals surface area contributed by atoms with Crippen molar-refractivity contribution in [2.45, 2.75) is 33.1 Å². The summed E-state index contributed by atoms with van der Waals surface area (Å²) in [5.74, 6) is 0.905. The van der Waals surface area contributed by atoms with Gasteiger partial charge in [0.25, 0.3) is 0 Å². The zero-order chi connectivity index (χ0) is 11.5. The van der Waals surface area contributed by atoms with E-state index in [0.29, 0.717) is 0 Å². The van der Waals surface area contributed by atoms with Crippen molar-refractivity contribution < 1.29 is 0 Å². The number of nitrogen functional groups attached to an aromatic ring is 1. The van der Waals surface area contributed by atoms with Crippen molar-refractivity contribution in [3.8, 4) is 0 Å². The summed E-state index contributed by atoms with van der Waals surface area (Å²) in [5.41, 5.74) is 9.32. The van der Waals surface area contributed by atoms with Gasteiger partial charge < -0.3 is 10.6 Å². The Morgan fingerprint density at radius 2 is 2.12 bits per heavy atom. The largest absolute Gasteiger partial charge is 0.398 e. The molecule has 1 saturated carbocycles. The van der Waals surface area contributed by atoms with Crippen molar-refractivity contribution in [2.75, 3.05) is 23.7 Å². The Hall–Kier alpha value is -1.18. The summed E-state index contributed by atoms with van der Waals surface area (Å²) >= 11 is 0. The van der Waals surface area contributed by atoms with E-state index in [0.717, 1.165) is 18.2 Å². The van der Waals surface area contributed by atoms with Crippen LogP contribution in [0, 0.1) is 12.8 Å². The monoisotopic (exact) mass is 218 g/mol. The first-order valence-corrected chi connectivity index (χ1v) is 6.31. The predicted molar refractivity (Wildman–Crippen MR) is 70.8 cm³/mol. The highest BCUT2D eigenvalue weighted by molar-refractivity contribution is 5.59. The topological polar surface area (TPSA) is 29.3 Å². The third kappa shape index (κ3) is 2.31. The van der Waals surface area contributed by atoms with Crippen molar-refractivity contribution in [3.63, 3.8) is 0 Å². The number of anilines is 2. The minimum Gasteiger partial charge on any atom is -0.398 e. The average molecular weight is 218 g/mol. The molecule has 0 atom stereocenters. The first-order valence-electron chi connectivity index (χ1n) is 6.31. The fourth-order valence-electron chi connectivity index (χ4n) is 2.23. The van der Waals surface area contributed by atoms with Crippen LogP contribution < -0.4 is 10.6 Å². The van der Waals surface area contributed by atoms with Crippen molar-refractivity contribution in [2.24, 2.45) is 5.92 Å². The van der Waals surface area contributed by atoms with Gasteiger partial charge in [0.2, 0.25) is 0 Å².